The number of carbonyl (C=O) groups excluding carboxylic acids is 1. The van der Waals surface area contributed by atoms with Gasteiger partial charge in [-0.25, -0.2) is 4.79 Å². The lowest BCUT2D eigenvalue weighted by Gasteiger charge is -2.26. The second-order valence-corrected chi connectivity index (χ2v) is 9.21. The van der Waals surface area contributed by atoms with Crippen molar-refractivity contribution in [1.82, 2.24) is 0 Å². The van der Waals surface area contributed by atoms with E-state index >= 15 is 0 Å². The highest BCUT2D eigenvalue weighted by Crippen LogP contribution is 2.43. The van der Waals surface area contributed by atoms with E-state index in [1.165, 1.54) is 6.08 Å². The Morgan fingerprint density at radius 2 is 1.69 bits per heavy atom. The topological polar surface area (TPSA) is 94.6 Å². The number of hydrogen-bond donors (Lipinski definition) is 1. The van der Waals surface area contributed by atoms with Crippen molar-refractivity contribution in [2.24, 2.45) is 5.73 Å². The predicted molar refractivity (Wildman–Crippen MR) is 149 cm³/mol. The van der Waals surface area contributed by atoms with Gasteiger partial charge in [0.1, 0.15) is 35.5 Å². The Kier molecular flexibility index (Phi) is 7.63. The van der Waals surface area contributed by atoms with Gasteiger partial charge in [0.05, 0.1) is 5.92 Å². The fourth-order valence-corrected chi connectivity index (χ4v) is 4.35. The average Bonchev–Trinajstić information content (AvgIpc) is 2.96. The van der Waals surface area contributed by atoms with Crippen LogP contribution in [0, 0.1) is 11.3 Å². The molecule has 0 aromatic heterocycles. The third kappa shape index (κ3) is 6.12. The smallest absolute Gasteiger partial charge is 0.336 e. The number of nitriles is 1. The maximum Gasteiger partial charge on any atom is 0.336 e. The van der Waals surface area contributed by atoms with Crippen molar-refractivity contribution in [3.63, 3.8) is 0 Å². The van der Waals surface area contributed by atoms with Crippen molar-refractivity contribution in [3.05, 3.63) is 142 Å². The molecule has 6 nitrogen and oxygen atoms in total. The summed E-state index contributed by atoms with van der Waals surface area (Å²) in [4.78, 5) is 12.3. The molecule has 2 N–H and O–H groups in total. The largest absolute Gasteiger partial charge is 0.489 e. The highest BCUT2D eigenvalue weighted by molar-refractivity contribution is 6.30. The van der Waals surface area contributed by atoms with E-state index in [0.29, 0.717) is 34.5 Å². The van der Waals surface area contributed by atoms with Gasteiger partial charge in [-0.3, -0.25) is 0 Å². The van der Waals surface area contributed by atoms with E-state index in [4.69, 9.17) is 31.5 Å². The number of ether oxygens (including phenoxy) is 3. The Bertz CT molecular complexity index is 1590. The molecule has 0 radical (unpaired) electrons. The van der Waals surface area contributed by atoms with Crippen LogP contribution >= 0.6 is 11.6 Å². The summed E-state index contributed by atoms with van der Waals surface area (Å²) in [5, 5.41) is 10.5. The number of halogens is 1. The molecular weight excluding hydrogens is 512 g/mol. The van der Waals surface area contributed by atoms with Crippen molar-refractivity contribution in [3.8, 4) is 23.3 Å². The first kappa shape index (κ1) is 25.7. The van der Waals surface area contributed by atoms with Crippen LogP contribution in [-0.2, 0) is 11.4 Å². The molecule has 1 unspecified atom stereocenters. The summed E-state index contributed by atoms with van der Waals surface area (Å²) in [5.41, 5.74) is 9.88. The average molecular weight is 535 g/mol. The second-order valence-electron chi connectivity index (χ2n) is 8.77. The van der Waals surface area contributed by atoms with E-state index in [0.717, 1.165) is 22.3 Å². The van der Waals surface area contributed by atoms with Crippen LogP contribution in [0.4, 0.5) is 0 Å². The SMILES string of the molecule is N#CC1=C(N)Oc2cc(OC(=O)/C=C/c3ccccc3)ccc2C1c1ccc(OCc2ccc(Cl)cc2)cc1. The third-order valence-corrected chi connectivity index (χ3v) is 6.40. The number of hydrogen-bond acceptors (Lipinski definition) is 6. The normalized spacial score (nSPS) is 14.3. The highest BCUT2D eigenvalue weighted by Gasteiger charge is 2.31. The molecule has 1 aliphatic heterocycles. The van der Waals surface area contributed by atoms with Gasteiger partial charge in [-0.1, -0.05) is 72.3 Å². The molecule has 1 atom stereocenters. The van der Waals surface area contributed by atoms with Crippen molar-refractivity contribution in [1.29, 1.82) is 5.26 Å². The van der Waals surface area contributed by atoms with Gasteiger partial charge in [-0.15, -0.1) is 0 Å². The van der Waals surface area contributed by atoms with Gasteiger partial charge in [0.15, 0.2) is 0 Å². The van der Waals surface area contributed by atoms with E-state index in [9.17, 15) is 10.1 Å². The molecule has 0 aliphatic carbocycles. The minimum atomic E-state index is -0.526. The molecule has 39 heavy (non-hydrogen) atoms. The Morgan fingerprint density at radius 1 is 0.974 bits per heavy atom. The van der Waals surface area contributed by atoms with E-state index < -0.39 is 11.9 Å². The summed E-state index contributed by atoms with van der Waals surface area (Å²) >= 11 is 5.94. The molecule has 5 rings (SSSR count). The highest BCUT2D eigenvalue weighted by atomic mass is 35.5. The van der Waals surface area contributed by atoms with Crippen molar-refractivity contribution < 1.29 is 19.0 Å². The quantitative estimate of drug-likeness (QED) is 0.160. The lowest BCUT2D eigenvalue weighted by Crippen LogP contribution is -2.21. The van der Waals surface area contributed by atoms with Gasteiger partial charge in [0, 0.05) is 22.7 Å². The summed E-state index contributed by atoms with van der Waals surface area (Å²) in [7, 11) is 0. The van der Waals surface area contributed by atoms with Gasteiger partial charge in [0.2, 0.25) is 5.88 Å². The van der Waals surface area contributed by atoms with E-state index in [1.807, 2.05) is 78.9 Å². The summed E-state index contributed by atoms with van der Waals surface area (Å²) in [6.45, 7) is 0.398. The molecule has 7 heteroatoms. The number of allylic oxidation sites excluding steroid dienone is 1. The lowest BCUT2D eigenvalue weighted by atomic mass is 9.83. The Balaban J connectivity index is 1.33. The van der Waals surface area contributed by atoms with Crippen LogP contribution in [0.3, 0.4) is 0 Å². The molecule has 0 saturated carbocycles. The molecule has 4 aromatic carbocycles. The first-order chi connectivity index (χ1) is 19.0. The van der Waals surface area contributed by atoms with Gasteiger partial charge in [-0.2, -0.15) is 5.26 Å². The lowest BCUT2D eigenvalue weighted by molar-refractivity contribution is -0.128. The van der Waals surface area contributed by atoms with E-state index in [-0.39, 0.29) is 5.88 Å². The second kappa shape index (κ2) is 11.6. The molecule has 0 spiro atoms. The Morgan fingerprint density at radius 3 is 2.41 bits per heavy atom. The molecule has 1 aliphatic rings. The fourth-order valence-electron chi connectivity index (χ4n) is 4.22. The number of benzene rings is 4. The number of fused-ring (bicyclic) bond motifs is 1. The van der Waals surface area contributed by atoms with Crippen LogP contribution in [-0.4, -0.2) is 5.97 Å². The summed E-state index contributed by atoms with van der Waals surface area (Å²) < 4.78 is 17.1. The molecule has 0 fully saturated rings. The zero-order chi connectivity index (χ0) is 27.2. The van der Waals surface area contributed by atoms with Crippen LogP contribution in [0.2, 0.25) is 5.02 Å². The Hall–Kier alpha value is -4.99. The maximum absolute atomic E-state index is 12.3. The monoisotopic (exact) mass is 534 g/mol. The van der Waals surface area contributed by atoms with Gasteiger partial charge in [0.25, 0.3) is 0 Å². The molecule has 0 amide bonds. The summed E-state index contributed by atoms with van der Waals surface area (Å²) in [6.07, 6.45) is 3.03. The molecule has 4 aromatic rings. The minimum absolute atomic E-state index is 0.00511. The first-order valence-corrected chi connectivity index (χ1v) is 12.5. The van der Waals surface area contributed by atoms with E-state index in [1.54, 1.807) is 24.3 Å². The molecule has 1 heterocycles. The molecule has 0 saturated heterocycles. The van der Waals surface area contributed by atoms with Gasteiger partial charge in [-0.05, 0) is 53.1 Å². The molecule has 192 valence electrons. The number of carbonyl (C=O) groups is 1. The van der Waals surface area contributed by atoms with Crippen LogP contribution in [0.1, 0.15) is 28.2 Å². The Labute approximate surface area is 231 Å². The first-order valence-electron chi connectivity index (χ1n) is 12.1. The van der Waals surface area contributed by atoms with Crippen LogP contribution in [0.15, 0.2) is 115 Å². The predicted octanol–water partition coefficient (Wildman–Crippen LogP) is 6.76. The standard InChI is InChI=1S/C32H23ClN2O4/c33-24-11-6-22(7-12-24)20-37-25-13-9-23(10-14-25)31-27-16-15-26(18-29(27)39-32(35)28(31)19-34)38-30(36)17-8-21-4-2-1-3-5-21/h1-18,31H,20,35H2/b17-8+. The number of rotatable bonds is 7. The number of nitrogens with zero attached hydrogens (tertiary/aromatic N) is 1. The number of nitrogens with two attached hydrogens (primary N) is 1. The third-order valence-electron chi connectivity index (χ3n) is 6.15. The van der Waals surface area contributed by atoms with Crippen molar-refractivity contribution in [2.75, 3.05) is 0 Å². The summed E-state index contributed by atoms with van der Waals surface area (Å²) in [6, 6.07) is 31.6. The zero-order valence-corrected chi connectivity index (χ0v) is 21.5. The minimum Gasteiger partial charge on any atom is -0.489 e. The van der Waals surface area contributed by atoms with Crippen LogP contribution in [0.25, 0.3) is 6.08 Å². The van der Waals surface area contributed by atoms with Crippen molar-refractivity contribution in [2.45, 2.75) is 12.5 Å². The van der Waals surface area contributed by atoms with Crippen LogP contribution < -0.4 is 19.9 Å². The molecular formula is C32H23ClN2O4. The van der Waals surface area contributed by atoms with Crippen LogP contribution in [0.5, 0.6) is 17.2 Å². The maximum atomic E-state index is 12.3. The van der Waals surface area contributed by atoms with Crippen molar-refractivity contribution >= 4 is 23.6 Å². The van der Waals surface area contributed by atoms with E-state index in [2.05, 4.69) is 6.07 Å². The van der Waals surface area contributed by atoms with Gasteiger partial charge < -0.3 is 19.9 Å². The molecule has 0 bridgehead atoms. The number of esters is 1. The fraction of sp³-hybridized carbons (Fsp3) is 0.0625. The zero-order valence-electron chi connectivity index (χ0n) is 20.7. The van der Waals surface area contributed by atoms with Gasteiger partial charge >= 0.3 is 5.97 Å². The summed E-state index contributed by atoms with van der Waals surface area (Å²) in [5.74, 6) is 0.424.